The van der Waals surface area contributed by atoms with Gasteiger partial charge in [-0.2, -0.15) is 0 Å². The van der Waals surface area contributed by atoms with E-state index in [4.69, 9.17) is 0 Å². The summed E-state index contributed by atoms with van der Waals surface area (Å²) in [4.78, 5) is 4.21. The summed E-state index contributed by atoms with van der Waals surface area (Å²) in [5.74, 6) is 0. The second kappa shape index (κ2) is 11.7. The zero-order chi connectivity index (χ0) is 13.0. The maximum Gasteiger partial charge on any atom is 0.0379 e. The molecule has 1 nitrogen and oxygen atoms in total. The average Bonchev–Trinajstić information content (AvgIpc) is 2.35. The van der Waals surface area contributed by atoms with Gasteiger partial charge < -0.3 is 0 Å². The van der Waals surface area contributed by atoms with Crippen LogP contribution >= 0.6 is 0 Å². The van der Waals surface area contributed by atoms with Crippen molar-refractivity contribution in [3.8, 4) is 0 Å². The number of allylic oxidation sites excluding steroid dienone is 1. The molecular weight excluding hydrogens is 194 g/mol. The first kappa shape index (κ1) is 17.0. The lowest BCUT2D eigenvalue weighted by atomic mass is 10.2. The zero-order valence-corrected chi connectivity index (χ0v) is 11.5. The lowest BCUT2D eigenvalue weighted by Gasteiger charge is -1.91. The molecule has 0 bridgehead atoms. The molecule has 0 spiro atoms. The van der Waals surface area contributed by atoms with Crippen molar-refractivity contribution in [2.45, 2.75) is 41.5 Å². The second-order valence-electron chi connectivity index (χ2n) is 2.65. The molecule has 1 aromatic heterocycles. The molecule has 0 aliphatic carbocycles. The van der Waals surface area contributed by atoms with Crippen LogP contribution in [0, 0.1) is 6.92 Å². The van der Waals surface area contributed by atoms with E-state index in [0.29, 0.717) is 0 Å². The van der Waals surface area contributed by atoms with Crippen LogP contribution in [-0.2, 0) is 0 Å². The molecule has 16 heavy (non-hydrogen) atoms. The van der Waals surface area contributed by atoms with Crippen LogP contribution in [0.1, 0.15) is 40.3 Å². The zero-order valence-electron chi connectivity index (χ0n) is 11.5. The van der Waals surface area contributed by atoms with Crippen LogP contribution in [0.4, 0.5) is 0 Å². The molecule has 0 saturated carbocycles. The van der Waals surface area contributed by atoms with Crippen LogP contribution in [0.3, 0.4) is 0 Å². The van der Waals surface area contributed by atoms with Crippen LogP contribution in [0.2, 0.25) is 0 Å². The Labute approximate surface area is 100 Å². The molecular formula is C15H25N. The number of aromatic nitrogens is 1. The number of hydrogen-bond donors (Lipinski definition) is 0. The Morgan fingerprint density at radius 1 is 1.12 bits per heavy atom. The van der Waals surface area contributed by atoms with Gasteiger partial charge in [0.25, 0.3) is 0 Å². The number of pyridine rings is 1. The van der Waals surface area contributed by atoms with E-state index >= 15 is 0 Å². The Hall–Kier alpha value is -1.37. The number of nitrogens with zero attached hydrogens (tertiary/aromatic N) is 1. The highest BCUT2D eigenvalue weighted by atomic mass is 14.6. The van der Waals surface area contributed by atoms with E-state index in [9.17, 15) is 0 Å². The highest BCUT2D eigenvalue weighted by Gasteiger charge is 1.85. The van der Waals surface area contributed by atoms with Gasteiger partial charge in [-0.25, -0.2) is 0 Å². The lowest BCUT2D eigenvalue weighted by Crippen LogP contribution is -2.24. The van der Waals surface area contributed by atoms with Crippen LogP contribution in [0.5, 0.6) is 0 Å². The summed E-state index contributed by atoms with van der Waals surface area (Å²) < 4.78 is 0. The van der Waals surface area contributed by atoms with Gasteiger partial charge in [0.2, 0.25) is 0 Å². The Balaban J connectivity index is 0. The number of aryl methyl sites for hydroxylation is 1. The number of rotatable bonds is 1. The first-order valence-corrected chi connectivity index (χ1v) is 5.99. The van der Waals surface area contributed by atoms with Crippen LogP contribution < -0.4 is 10.4 Å². The largest absolute Gasteiger partial charge is 0.261 e. The molecule has 0 amide bonds. The standard InChI is InChI=1S/C11H13N.2C2H6/c1-4-6-11-7-9(3)12-8-10(11)5-2;2*1-2/h4-8H,1H2,2-3H3;2*1-2H3/b10-5-,11-6-;;. The Morgan fingerprint density at radius 2 is 1.69 bits per heavy atom. The van der Waals surface area contributed by atoms with E-state index in [1.54, 1.807) is 6.08 Å². The molecule has 1 heteroatoms. The molecule has 0 unspecified atom stereocenters. The maximum absolute atomic E-state index is 4.21. The predicted octanol–water partition coefficient (Wildman–Crippen LogP) is 3.21. The van der Waals surface area contributed by atoms with E-state index in [2.05, 4.69) is 17.6 Å². The first-order valence-electron chi connectivity index (χ1n) is 5.99. The van der Waals surface area contributed by atoms with Crippen LogP contribution in [-0.4, -0.2) is 4.98 Å². The van der Waals surface area contributed by atoms with Crippen molar-refractivity contribution in [1.82, 2.24) is 4.98 Å². The van der Waals surface area contributed by atoms with Gasteiger partial charge in [-0.3, -0.25) is 4.98 Å². The highest BCUT2D eigenvalue weighted by Crippen LogP contribution is 1.79. The fourth-order valence-corrected chi connectivity index (χ4v) is 1.10. The summed E-state index contributed by atoms with van der Waals surface area (Å²) in [7, 11) is 0. The molecule has 1 rings (SSSR count). The summed E-state index contributed by atoms with van der Waals surface area (Å²) in [6, 6.07) is 2.05. The van der Waals surface area contributed by atoms with Crippen LogP contribution in [0.25, 0.3) is 12.2 Å². The molecule has 0 aliphatic rings. The fraction of sp³-hybridized carbons (Fsp3) is 0.400. The summed E-state index contributed by atoms with van der Waals surface area (Å²) in [6.45, 7) is 15.7. The lowest BCUT2D eigenvalue weighted by molar-refractivity contribution is 1.17. The molecule has 0 aliphatic heterocycles. The first-order chi connectivity index (χ1) is 7.77. The van der Waals surface area contributed by atoms with E-state index in [0.717, 1.165) is 10.9 Å². The molecule has 1 aromatic rings. The normalized spacial score (nSPS) is 10.9. The van der Waals surface area contributed by atoms with Crippen molar-refractivity contribution in [3.63, 3.8) is 0 Å². The van der Waals surface area contributed by atoms with Gasteiger partial charge in [-0.05, 0) is 30.4 Å². The Kier molecular flexibility index (Phi) is 12.5. The fourth-order valence-electron chi connectivity index (χ4n) is 1.10. The average molecular weight is 219 g/mol. The Bertz CT molecular complexity index is 388. The van der Waals surface area contributed by atoms with Crippen molar-refractivity contribution in [1.29, 1.82) is 0 Å². The van der Waals surface area contributed by atoms with Crippen molar-refractivity contribution >= 4 is 12.2 Å². The van der Waals surface area contributed by atoms with Gasteiger partial charge in [0.1, 0.15) is 0 Å². The van der Waals surface area contributed by atoms with Gasteiger partial charge in [-0.1, -0.05) is 52.5 Å². The third-order valence-electron chi connectivity index (χ3n) is 1.71. The molecule has 0 radical (unpaired) electrons. The van der Waals surface area contributed by atoms with Crippen molar-refractivity contribution in [2.24, 2.45) is 0 Å². The molecule has 0 aromatic carbocycles. The minimum atomic E-state index is 1.04. The maximum atomic E-state index is 4.21. The van der Waals surface area contributed by atoms with Crippen molar-refractivity contribution in [3.05, 3.63) is 41.0 Å². The highest BCUT2D eigenvalue weighted by molar-refractivity contribution is 5.37. The summed E-state index contributed by atoms with van der Waals surface area (Å²) >= 11 is 0. The van der Waals surface area contributed by atoms with Gasteiger partial charge in [0.15, 0.2) is 0 Å². The smallest absolute Gasteiger partial charge is 0.0379 e. The van der Waals surface area contributed by atoms with Crippen molar-refractivity contribution < 1.29 is 0 Å². The SMILES string of the molecule is C=C/C=c1/cc(C)nc/c1=C/C.CC.CC. The van der Waals surface area contributed by atoms with Gasteiger partial charge in [0, 0.05) is 11.9 Å². The monoisotopic (exact) mass is 219 g/mol. The van der Waals surface area contributed by atoms with E-state index in [-0.39, 0.29) is 0 Å². The van der Waals surface area contributed by atoms with Crippen LogP contribution in [0.15, 0.2) is 24.9 Å². The van der Waals surface area contributed by atoms with E-state index < -0.39 is 0 Å². The van der Waals surface area contributed by atoms with Gasteiger partial charge >= 0.3 is 0 Å². The summed E-state index contributed by atoms with van der Waals surface area (Å²) in [6.07, 6.45) is 7.71. The quantitative estimate of drug-likeness (QED) is 0.707. The van der Waals surface area contributed by atoms with Crippen molar-refractivity contribution in [2.75, 3.05) is 0 Å². The third-order valence-corrected chi connectivity index (χ3v) is 1.71. The number of hydrogen-bond acceptors (Lipinski definition) is 1. The molecule has 90 valence electrons. The predicted molar refractivity (Wildman–Crippen MR) is 75.7 cm³/mol. The van der Waals surface area contributed by atoms with Gasteiger partial charge in [0.05, 0.1) is 0 Å². The Morgan fingerprint density at radius 3 is 2.12 bits per heavy atom. The molecule has 0 saturated heterocycles. The summed E-state index contributed by atoms with van der Waals surface area (Å²) in [5, 5.41) is 2.33. The molecule has 0 N–H and O–H groups in total. The minimum absolute atomic E-state index is 1.04. The molecule has 1 heterocycles. The van der Waals surface area contributed by atoms with E-state index in [1.165, 1.54) is 5.22 Å². The second-order valence-corrected chi connectivity index (χ2v) is 2.65. The van der Waals surface area contributed by atoms with E-state index in [1.807, 2.05) is 59.9 Å². The molecule has 0 atom stereocenters. The topological polar surface area (TPSA) is 12.9 Å². The molecule has 0 fully saturated rings. The summed E-state index contributed by atoms with van der Waals surface area (Å²) in [5.41, 5.74) is 1.04. The minimum Gasteiger partial charge on any atom is -0.261 e. The third kappa shape index (κ3) is 6.18. The van der Waals surface area contributed by atoms with Gasteiger partial charge in [-0.15, -0.1) is 0 Å².